The predicted molar refractivity (Wildman–Crippen MR) is 130 cm³/mol. The fourth-order valence-electron chi connectivity index (χ4n) is 2.85. The van der Waals surface area contributed by atoms with E-state index in [4.69, 9.17) is 17.0 Å². The average molecular weight is 486 g/mol. The van der Waals surface area contributed by atoms with Crippen molar-refractivity contribution in [2.45, 2.75) is 25.7 Å². The molecular weight excluding hydrogens is 462 g/mol. The smallest absolute Gasteiger partial charge is 0.264 e. The monoisotopic (exact) mass is 485 g/mol. The van der Waals surface area contributed by atoms with Gasteiger partial charge in [0.1, 0.15) is 5.75 Å². The van der Waals surface area contributed by atoms with Crippen molar-refractivity contribution >= 4 is 44.9 Å². The van der Waals surface area contributed by atoms with Gasteiger partial charge in [-0.05, 0) is 81.0 Å². The number of benzene rings is 2. The Morgan fingerprint density at radius 1 is 1.00 bits per heavy atom. The molecule has 33 heavy (non-hydrogen) atoms. The zero-order chi connectivity index (χ0) is 24.0. The fourth-order valence-corrected chi connectivity index (χ4v) is 4.02. The normalized spacial score (nSPS) is 10.9. The number of nitrogens with one attached hydrogen (secondary N) is 3. The molecule has 1 amide bonds. The van der Waals surface area contributed by atoms with Crippen molar-refractivity contribution in [1.29, 1.82) is 0 Å². The van der Waals surface area contributed by atoms with Crippen LogP contribution in [0.3, 0.4) is 0 Å². The second-order valence-electron chi connectivity index (χ2n) is 7.21. The van der Waals surface area contributed by atoms with Crippen molar-refractivity contribution in [2.75, 3.05) is 16.6 Å². The van der Waals surface area contributed by atoms with Crippen molar-refractivity contribution < 1.29 is 17.9 Å². The van der Waals surface area contributed by atoms with Gasteiger partial charge in [-0.2, -0.15) is 0 Å². The van der Waals surface area contributed by atoms with E-state index in [2.05, 4.69) is 25.3 Å². The van der Waals surface area contributed by atoms with E-state index < -0.39 is 15.9 Å². The molecule has 0 atom stereocenters. The molecule has 1 aromatic heterocycles. The van der Waals surface area contributed by atoms with Crippen LogP contribution in [0.15, 0.2) is 59.5 Å². The predicted octanol–water partition coefficient (Wildman–Crippen LogP) is 3.09. The maximum Gasteiger partial charge on any atom is 0.264 e. The molecule has 0 spiro atoms. The molecule has 0 unspecified atom stereocenters. The van der Waals surface area contributed by atoms with Crippen LogP contribution in [-0.4, -0.2) is 36.0 Å². The molecule has 0 radical (unpaired) electrons. The van der Waals surface area contributed by atoms with Crippen LogP contribution in [-0.2, 0) is 14.8 Å². The fraction of sp³-hybridized carbons (Fsp3) is 0.182. The van der Waals surface area contributed by atoms with Gasteiger partial charge in [0, 0.05) is 17.1 Å². The highest BCUT2D eigenvalue weighted by molar-refractivity contribution is 7.92. The van der Waals surface area contributed by atoms with Crippen LogP contribution in [0.5, 0.6) is 5.75 Å². The molecule has 3 aromatic rings. The van der Waals surface area contributed by atoms with Crippen LogP contribution in [0, 0.1) is 20.8 Å². The maximum absolute atomic E-state index is 12.6. The SMILES string of the molecule is Cc1cccc(OCC(=O)NC(=S)Nc2ccc(S(=O)(=O)Nc3nc(C)cc(C)n3)cc2)c1. The van der Waals surface area contributed by atoms with E-state index in [-0.39, 0.29) is 22.6 Å². The van der Waals surface area contributed by atoms with Gasteiger partial charge < -0.3 is 10.1 Å². The summed E-state index contributed by atoms with van der Waals surface area (Å²) in [5, 5.41) is 5.40. The Morgan fingerprint density at radius 2 is 1.67 bits per heavy atom. The molecule has 9 nitrogen and oxygen atoms in total. The van der Waals surface area contributed by atoms with Crippen molar-refractivity contribution in [3.8, 4) is 5.75 Å². The van der Waals surface area contributed by atoms with Crippen LogP contribution >= 0.6 is 12.2 Å². The zero-order valence-corrected chi connectivity index (χ0v) is 19.9. The number of carbonyl (C=O) groups excluding carboxylic acids is 1. The average Bonchev–Trinajstić information content (AvgIpc) is 2.71. The van der Waals surface area contributed by atoms with Gasteiger partial charge >= 0.3 is 0 Å². The first kappa shape index (κ1) is 24.1. The second kappa shape index (κ2) is 10.4. The van der Waals surface area contributed by atoms with Crippen LogP contribution in [0.2, 0.25) is 0 Å². The Morgan fingerprint density at radius 3 is 2.30 bits per heavy atom. The highest BCUT2D eigenvalue weighted by Crippen LogP contribution is 2.17. The first-order valence-electron chi connectivity index (χ1n) is 9.86. The van der Waals surface area contributed by atoms with Gasteiger partial charge in [-0.25, -0.2) is 23.1 Å². The molecule has 0 saturated carbocycles. The molecule has 0 aliphatic heterocycles. The highest BCUT2D eigenvalue weighted by atomic mass is 32.2. The molecule has 0 bridgehead atoms. The number of rotatable bonds is 7. The molecule has 0 aliphatic carbocycles. The van der Waals surface area contributed by atoms with Crippen molar-refractivity contribution in [3.05, 3.63) is 71.5 Å². The molecule has 172 valence electrons. The van der Waals surface area contributed by atoms with Gasteiger partial charge in [0.05, 0.1) is 4.90 Å². The lowest BCUT2D eigenvalue weighted by atomic mass is 10.2. The molecule has 0 aliphatic rings. The van der Waals surface area contributed by atoms with E-state index >= 15 is 0 Å². The van der Waals surface area contributed by atoms with E-state index in [1.54, 1.807) is 26.0 Å². The Kier molecular flexibility index (Phi) is 7.56. The molecule has 0 fully saturated rings. The number of amides is 1. The number of sulfonamides is 1. The summed E-state index contributed by atoms with van der Waals surface area (Å²) in [6.07, 6.45) is 0. The Labute approximate surface area is 197 Å². The van der Waals surface area contributed by atoms with Crippen LogP contribution in [0.25, 0.3) is 0 Å². The van der Waals surface area contributed by atoms with Gasteiger partial charge in [-0.3, -0.25) is 10.1 Å². The molecular formula is C22H23N5O4S2. The summed E-state index contributed by atoms with van der Waals surface area (Å²) in [4.78, 5) is 20.2. The third kappa shape index (κ3) is 7.22. The van der Waals surface area contributed by atoms with Crippen LogP contribution in [0.1, 0.15) is 17.0 Å². The number of thiocarbonyl (C=S) groups is 1. The van der Waals surface area contributed by atoms with E-state index in [1.165, 1.54) is 24.3 Å². The van der Waals surface area contributed by atoms with Crippen LogP contribution in [0.4, 0.5) is 11.6 Å². The van der Waals surface area contributed by atoms with Gasteiger partial charge in [0.2, 0.25) is 5.95 Å². The Bertz CT molecular complexity index is 1260. The summed E-state index contributed by atoms with van der Waals surface area (Å²) in [6, 6.07) is 14.9. The molecule has 11 heteroatoms. The quantitative estimate of drug-likeness (QED) is 0.437. The van der Waals surface area contributed by atoms with Crippen molar-refractivity contribution in [3.63, 3.8) is 0 Å². The maximum atomic E-state index is 12.6. The third-order valence-corrected chi connectivity index (χ3v) is 5.79. The molecule has 3 rings (SSSR count). The molecule has 3 N–H and O–H groups in total. The first-order valence-corrected chi connectivity index (χ1v) is 11.8. The number of carbonyl (C=O) groups is 1. The topological polar surface area (TPSA) is 122 Å². The van der Waals surface area contributed by atoms with E-state index in [9.17, 15) is 13.2 Å². The Balaban J connectivity index is 1.54. The summed E-state index contributed by atoms with van der Waals surface area (Å²) in [5.41, 5.74) is 2.83. The van der Waals surface area contributed by atoms with Gasteiger partial charge in [0.25, 0.3) is 15.9 Å². The first-order chi connectivity index (χ1) is 15.6. The Hall–Kier alpha value is -3.57. The van der Waals surface area contributed by atoms with Gasteiger partial charge in [0.15, 0.2) is 11.7 Å². The van der Waals surface area contributed by atoms with Crippen LogP contribution < -0.4 is 20.1 Å². The standard InChI is InChI=1S/C22H23N5O4S2/c1-14-5-4-6-18(11-14)31-13-20(28)26-22(32)25-17-7-9-19(10-8-17)33(29,30)27-21-23-15(2)12-16(3)24-21/h4-12H,13H2,1-3H3,(H,23,24,27)(H2,25,26,28,32). The number of aryl methyl sites for hydroxylation is 3. The van der Waals surface area contributed by atoms with E-state index in [0.29, 0.717) is 22.8 Å². The lowest BCUT2D eigenvalue weighted by Gasteiger charge is -2.12. The van der Waals surface area contributed by atoms with Gasteiger partial charge in [-0.15, -0.1) is 0 Å². The van der Waals surface area contributed by atoms with Gasteiger partial charge in [-0.1, -0.05) is 12.1 Å². The summed E-state index contributed by atoms with van der Waals surface area (Å²) in [6.45, 7) is 5.23. The number of anilines is 2. The third-order valence-electron chi connectivity index (χ3n) is 4.24. The lowest BCUT2D eigenvalue weighted by molar-refractivity contribution is -0.121. The second-order valence-corrected chi connectivity index (χ2v) is 9.30. The minimum absolute atomic E-state index is 0.00599. The molecule has 1 heterocycles. The zero-order valence-electron chi connectivity index (χ0n) is 18.2. The number of hydrogen-bond acceptors (Lipinski definition) is 7. The summed E-state index contributed by atoms with van der Waals surface area (Å²) in [5.74, 6) is 0.165. The summed E-state index contributed by atoms with van der Waals surface area (Å²) < 4.78 is 33.0. The molecule has 2 aromatic carbocycles. The number of hydrogen-bond donors (Lipinski definition) is 3. The largest absolute Gasteiger partial charge is 0.484 e. The van der Waals surface area contributed by atoms with E-state index in [1.807, 2.05) is 25.1 Å². The number of nitrogens with zero attached hydrogens (tertiary/aromatic N) is 2. The summed E-state index contributed by atoms with van der Waals surface area (Å²) in [7, 11) is -3.87. The summed E-state index contributed by atoms with van der Waals surface area (Å²) >= 11 is 5.14. The minimum atomic E-state index is -3.87. The van der Waals surface area contributed by atoms with Crippen molar-refractivity contribution in [2.24, 2.45) is 0 Å². The van der Waals surface area contributed by atoms with Crippen molar-refractivity contribution in [1.82, 2.24) is 15.3 Å². The molecule has 0 saturated heterocycles. The lowest BCUT2D eigenvalue weighted by Crippen LogP contribution is -2.37. The minimum Gasteiger partial charge on any atom is -0.484 e. The highest BCUT2D eigenvalue weighted by Gasteiger charge is 2.16. The number of ether oxygens (including phenoxy) is 1. The van der Waals surface area contributed by atoms with E-state index in [0.717, 1.165) is 5.56 Å². The number of aromatic nitrogens is 2.